The van der Waals surface area contributed by atoms with Crippen molar-refractivity contribution in [2.75, 3.05) is 0 Å². The molecule has 0 radical (unpaired) electrons. The van der Waals surface area contributed by atoms with Crippen LogP contribution in [-0.4, -0.2) is 20.9 Å². The molecule has 1 aromatic heterocycles. The van der Waals surface area contributed by atoms with E-state index in [0.717, 1.165) is 22.9 Å². The second-order valence-corrected chi connectivity index (χ2v) is 3.48. The standard InChI is InChI=1S/C11H8F2N2O2/c1-6-4-9(11(16)17)14-15(6)10-5-7(12)2-3-8(10)13/h2-5H,1H3,(H,16,17). The van der Waals surface area contributed by atoms with Gasteiger partial charge in [-0.3, -0.25) is 0 Å². The summed E-state index contributed by atoms with van der Waals surface area (Å²) in [5.74, 6) is -2.51. The zero-order valence-electron chi connectivity index (χ0n) is 8.82. The second kappa shape index (κ2) is 3.97. The molecule has 0 saturated carbocycles. The third kappa shape index (κ3) is 2.01. The fraction of sp³-hybridized carbons (Fsp3) is 0.0909. The predicted octanol–water partition coefficient (Wildman–Crippen LogP) is 2.16. The van der Waals surface area contributed by atoms with E-state index in [1.54, 1.807) is 6.92 Å². The summed E-state index contributed by atoms with van der Waals surface area (Å²) in [5.41, 5.74) is 0.0769. The Morgan fingerprint density at radius 1 is 1.35 bits per heavy atom. The molecule has 0 aliphatic carbocycles. The molecule has 1 N–H and O–H groups in total. The van der Waals surface area contributed by atoms with Crippen molar-refractivity contribution in [2.24, 2.45) is 0 Å². The number of carboxylic acid groups (broad SMARTS) is 1. The van der Waals surface area contributed by atoms with E-state index < -0.39 is 17.6 Å². The maximum absolute atomic E-state index is 13.5. The van der Waals surface area contributed by atoms with E-state index in [1.165, 1.54) is 6.07 Å². The third-order valence-electron chi connectivity index (χ3n) is 2.24. The lowest BCUT2D eigenvalue weighted by Crippen LogP contribution is -2.04. The first-order valence-corrected chi connectivity index (χ1v) is 4.74. The van der Waals surface area contributed by atoms with Crippen molar-refractivity contribution < 1.29 is 18.7 Å². The number of carbonyl (C=O) groups is 1. The summed E-state index contributed by atoms with van der Waals surface area (Å²) in [7, 11) is 0. The minimum absolute atomic E-state index is 0.116. The van der Waals surface area contributed by atoms with Gasteiger partial charge in [-0.15, -0.1) is 0 Å². The van der Waals surface area contributed by atoms with Gasteiger partial charge >= 0.3 is 5.97 Å². The molecule has 2 aromatic rings. The fourth-order valence-electron chi connectivity index (χ4n) is 1.47. The number of nitrogens with zero attached hydrogens (tertiary/aromatic N) is 2. The molecule has 0 fully saturated rings. The summed E-state index contributed by atoms with van der Waals surface area (Å²) in [5, 5.41) is 12.4. The van der Waals surface area contributed by atoms with Gasteiger partial charge in [-0.1, -0.05) is 0 Å². The molecular weight excluding hydrogens is 230 g/mol. The molecule has 0 aliphatic heterocycles. The molecule has 6 heteroatoms. The molecule has 0 saturated heterocycles. The minimum Gasteiger partial charge on any atom is -0.476 e. The average Bonchev–Trinajstić information content (AvgIpc) is 2.64. The monoisotopic (exact) mass is 238 g/mol. The number of rotatable bonds is 2. The van der Waals surface area contributed by atoms with E-state index in [-0.39, 0.29) is 11.4 Å². The quantitative estimate of drug-likeness (QED) is 0.872. The molecule has 88 valence electrons. The molecule has 0 unspecified atom stereocenters. The van der Waals surface area contributed by atoms with Crippen LogP contribution in [0.4, 0.5) is 8.78 Å². The van der Waals surface area contributed by atoms with E-state index in [0.29, 0.717) is 5.69 Å². The van der Waals surface area contributed by atoms with Crippen molar-refractivity contribution >= 4 is 5.97 Å². The van der Waals surface area contributed by atoms with Gasteiger partial charge in [0.2, 0.25) is 0 Å². The Kier molecular flexibility index (Phi) is 2.63. The number of benzene rings is 1. The highest BCUT2D eigenvalue weighted by Gasteiger charge is 2.14. The summed E-state index contributed by atoms with van der Waals surface area (Å²) in [4.78, 5) is 10.7. The third-order valence-corrected chi connectivity index (χ3v) is 2.24. The van der Waals surface area contributed by atoms with Gasteiger partial charge in [0.25, 0.3) is 0 Å². The first-order chi connectivity index (χ1) is 7.99. The lowest BCUT2D eigenvalue weighted by Gasteiger charge is -2.05. The first-order valence-electron chi connectivity index (χ1n) is 4.74. The number of halogens is 2. The molecule has 0 amide bonds. The van der Waals surface area contributed by atoms with Gasteiger partial charge in [0.1, 0.15) is 17.3 Å². The van der Waals surface area contributed by atoms with Crippen LogP contribution >= 0.6 is 0 Å². The van der Waals surface area contributed by atoms with Crippen LogP contribution in [0.15, 0.2) is 24.3 Å². The van der Waals surface area contributed by atoms with Gasteiger partial charge in [0, 0.05) is 11.8 Å². The van der Waals surface area contributed by atoms with Gasteiger partial charge in [-0.25, -0.2) is 18.3 Å². The number of aromatic carboxylic acids is 1. The molecule has 2 rings (SSSR count). The molecule has 0 bridgehead atoms. The Balaban J connectivity index is 2.60. The van der Waals surface area contributed by atoms with E-state index in [4.69, 9.17) is 5.11 Å². The van der Waals surface area contributed by atoms with E-state index in [1.807, 2.05) is 0 Å². The van der Waals surface area contributed by atoms with Crippen LogP contribution in [-0.2, 0) is 0 Å². The van der Waals surface area contributed by atoms with Crippen LogP contribution in [0.5, 0.6) is 0 Å². The van der Waals surface area contributed by atoms with E-state index >= 15 is 0 Å². The molecule has 0 atom stereocenters. The Morgan fingerprint density at radius 3 is 2.65 bits per heavy atom. The van der Waals surface area contributed by atoms with Crippen molar-refractivity contribution in [1.82, 2.24) is 9.78 Å². The molecule has 17 heavy (non-hydrogen) atoms. The molecule has 1 heterocycles. The minimum atomic E-state index is -1.22. The fourth-order valence-corrected chi connectivity index (χ4v) is 1.47. The lowest BCUT2D eigenvalue weighted by atomic mass is 10.3. The highest BCUT2D eigenvalue weighted by molar-refractivity contribution is 5.85. The van der Waals surface area contributed by atoms with Gasteiger partial charge in [0.05, 0.1) is 0 Å². The van der Waals surface area contributed by atoms with Crippen LogP contribution in [0.25, 0.3) is 5.69 Å². The zero-order chi connectivity index (χ0) is 12.6. The maximum atomic E-state index is 13.5. The maximum Gasteiger partial charge on any atom is 0.356 e. The molecule has 0 aliphatic rings. The van der Waals surface area contributed by atoms with Crippen molar-refractivity contribution in [3.05, 3.63) is 47.3 Å². The number of aryl methyl sites for hydroxylation is 1. The number of aromatic nitrogens is 2. The van der Waals surface area contributed by atoms with E-state index in [9.17, 15) is 13.6 Å². The zero-order valence-corrected chi connectivity index (χ0v) is 8.82. The SMILES string of the molecule is Cc1cc(C(=O)O)nn1-c1cc(F)ccc1F. The van der Waals surface area contributed by atoms with Crippen molar-refractivity contribution in [1.29, 1.82) is 0 Å². The summed E-state index contributed by atoms with van der Waals surface area (Å²) in [6, 6.07) is 4.19. The first kappa shape index (κ1) is 11.3. The summed E-state index contributed by atoms with van der Waals surface area (Å²) in [6.45, 7) is 1.56. The Bertz CT molecular complexity index is 593. The van der Waals surface area contributed by atoms with E-state index in [2.05, 4.69) is 5.10 Å². The Hall–Kier alpha value is -2.24. The molecule has 4 nitrogen and oxygen atoms in total. The normalized spacial score (nSPS) is 10.5. The van der Waals surface area contributed by atoms with Gasteiger partial charge in [0.15, 0.2) is 5.69 Å². The summed E-state index contributed by atoms with van der Waals surface area (Å²) >= 11 is 0. The number of hydrogen-bond acceptors (Lipinski definition) is 2. The van der Waals surface area contributed by atoms with Crippen LogP contribution in [0.3, 0.4) is 0 Å². The number of hydrogen-bond donors (Lipinski definition) is 1. The largest absolute Gasteiger partial charge is 0.476 e. The van der Waals surface area contributed by atoms with Gasteiger partial charge in [-0.2, -0.15) is 5.10 Å². The predicted molar refractivity (Wildman–Crippen MR) is 55.2 cm³/mol. The van der Waals surface area contributed by atoms with Crippen molar-refractivity contribution in [2.45, 2.75) is 6.92 Å². The topological polar surface area (TPSA) is 55.1 Å². The second-order valence-electron chi connectivity index (χ2n) is 3.48. The lowest BCUT2D eigenvalue weighted by molar-refractivity contribution is 0.0690. The van der Waals surface area contributed by atoms with Gasteiger partial charge in [-0.05, 0) is 25.1 Å². The van der Waals surface area contributed by atoms with Crippen LogP contribution in [0.2, 0.25) is 0 Å². The molecule has 1 aromatic carbocycles. The average molecular weight is 238 g/mol. The summed E-state index contributed by atoms with van der Waals surface area (Å²) < 4.78 is 27.5. The van der Waals surface area contributed by atoms with Crippen molar-refractivity contribution in [3.63, 3.8) is 0 Å². The number of carboxylic acids is 1. The van der Waals surface area contributed by atoms with Gasteiger partial charge < -0.3 is 5.11 Å². The Morgan fingerprint density at radius 2 is 2.06 bits per heavy atom. The summed E-state index contributed by atoms with van der Waals surface area (Å²) in [6.07, 6.45) is 0. The highest BCUT2D eigenvalue weighted by Crippen LogP contribution is 2.17. The van der Waals surface area contributed by atoms with Crippen LogP contribution in [0, 0.1) is 18.6 Å². The molecule has 0 spiro atoms. The van der Waals surface area contributed by atoms with Crippen molar-refractivity contribution in [3.8, 4) is 5.69 Å². The molecular formula is C11H8F2N2O2. The smallest absolute Gasteiger partial charge is 0.356 e. The highest BCUT2D eigenvalue weighted by atomic mass is 19.1. The van der Waals surface area contributed by atoms with Crippen LogP contribution < -0.4 is 0 Å². The Labute approximate surface area is 95.1 Å². The van der Waals surface area contributed by atoms with Crippen LogP contribution in [0.1, 0.15) is 16.2 Å².